The molecule has 108 heavy (non-hydrogen) atoms. The van der Waals surface area contributed by atoms with Crippen LogP contribution >= 0.6 is 56.7 Å². The van der Waals surface area contributed by atoms with Crippen molar-refractivity contribution in [1.82, 2.24) is 75.5 Å². The van der Waals surface area contributed by atoms with Gasteiger partial charge in [-0.3, -0.25) is 38.7 Å². The number of benzene rings is 1. The molecule has 6 N–H and O–H groups in total. The van der Waals surface area contributed by atoms with Gasteiger partial charge in [-0.1, -0.05) is 12.1 Å². The van der Waals surface area contributed by atoms with Gasteiger partial charge in [-0.25, -0.2) is 39.5 Å². The van der Waals surface area contributed by atoms with Gasteiger partial charge in [-0.15, -0.1) is 56.7 Å². The monoisotopic (exact) mass is 1580 g/mol. The predicted octanol–water partition coefficient (Wildman–Crippen LogP) is 5.31. The molecule has 1 aromatic carbocycles. The first-order valence-electron chi connectivity index (χ1n) is 34.9. The lowest BCUT2D eigenvalue weighted by atomic mass is 9.86. The van der Waals surface area contributed by atoms with Gasteiger partial charge in [0.05, 0.1) is 70.1 Å². The van der Waals surface area contributed by atoms with Crippen molar-refractivity contribution in [2.45, 2.75) is 114 Å². The molecule has 33 nitrogen and oxygen atoms in total. The van der Waals surface area contributed by atoms with Crippen molar-refractivity contribution < 1.29 is 86.5 Å². The molecule has 4 saturated heterocycles. The standard InChI is InChI=1S/C70H77N15O18S5/c1-33(86)49-61(90)79-50(34(2)95-6)64-74-43(30-106-64)60(89)80-53-55-56(103-47-23-70(4)57(35(3)102-47)81(5)32-101-70)69(93)99-24-36-10-8-11-45-48(36)38(25-98-55)54(85(45)94)68(92)100-26-39(71-58(87)41-29-107-66(53)75-41)63-72-40(27-105-63)51-37(62-73-42(28-104-62)59(88)78-49)22-46(96-7)52(77-51)65-76-44(31-108-65)67(91)84-16-14-82(15-17-84)12-9-13-83-18-20-97-21-19-83/h8,10-11,22,27-31,33,35,39,47,49,53,55-57,86,94H,9,12-21,23-26,32H2,1-7H3,(H,71,87)(H,78,88)(H,79,90)(H,80,89)/b50-34+. The number of fused-ring (bicyclic) bond motifs is 16. The Bertz CT molecular complexity index is 4830. The van der Waals surface area contributed by atoms with Crippen LogP contribution in [0.1, 0.15) is 131 Å². The zero-order valence-corrected chi connectivity index (χ0v) is 63.7. The highest BCUT2D eigenvalue weighted by Crippen LogP contribution is 2.45. The number of likely N-dealkylation sites (N-methyl/N-ethyl adjacent to an activating group) is 1. The number of allylic oxidation sites excluding steroid dienone is 1. The van der Waals surface area contributed by atoms with E-state index in [0.29, 0.717) is 41.5 Å². The molecule has 8 aromatic rings. The number of ether oxygens (including phenoxy) is 9. The number of piperazine rings is 1. The summed E-state index contributed by atoms with van der Waals surface area (Å²) in [4.78, 5) is 142. The van der Waals surface area contributed by atoms with E-state index in [1.165, 1.54) is 55.5 Å². The zero-order chi connectivity index (χ0) is 75.4. The minimum atomic E-state index is -1.82. The SMILES string of the molecule is CO/C(C)=C1/NC(=O)C(C(C)O)NC(=O)c2csc(n2)-c2cc(OC)c(-c3nc(C(=O)N4CCN(CCCN5CCOCC5)CC4)cs3)nc2-c2csc(n2)C2COC(=O)c3c4c5c(cccc5n3O)COC(=O)C(OC3CC5(C)OCN(C)C5C(C)O3)C(OC4)C(NC(=O)c3csc1n3)c1nc(cs1)C(=O)N2. The summed E-state index contributed by atoms with van der Waals surface area (Å²) in [5.74, 6) is -5.51. The van der Waals surface area contributed by atoms with Crippen LogP contribution in [-0.2, 0) is 60.7 Å². The predicted molar refractivity (Wildman–Crippen MR) is 391 cm³/mol. The van der Waals surface area contributed by atoms with Crippen molar-refractivity contribution in [3.63, 3.8) is 0 Å². The van der Waals surface area contributed by atoms with E-state index >= 15 is 19.2 Å². The first-order valence-corrected chi connectivity index (χ1v) is 39.3. The summed E-state index contributed by atoms with van der Waals surface area (Å²) >= 11 is 5.10. The van der Waals surface area contributed by atoms with Crippen molar-refractivity contribution in [2.75, 3.05) is 100 Å². The normalized spacial score (nSPS) is 25.7. The van der Waals surface area contributed by atoms with E-state index in [-0.39, 0.29) is 124 Å². The molecule has 12 bridgehead atoms. The fourth-order valence-electron chi connectivity index (χ4n) is 14.6. The van der Waals surface area contributed by atoms with Gasteiger partial charge in [0.2, 0.25) is 5.91 Å². The summed E-state index contributed by atoms with van der Waals surface area (Å²) in [6.45, 7) is 12.9. The first kappa shape index (κ1) is 74.6. The smallest absolute Gasteiger partial charge is 0.358 e. The van der Waals surface area contributed by atoms with Gasteiger partial charge in [0.25, 0.3) is 23.6 Å². The lowest BCUT2D eigenvalue weighted by molar-refractivity contribution is -0.268. The lowest BCUT2D eigenvalue weighted by Crippen LogP contribution is -2.58. The van der Waals surface area contributed by atoms with Crippen LogP contribution < -0.4 is 26.0 Å². The quantitative estimate of drug-likeness (QED) is 0.0542. The highest BCUT2D eigenvalue weighted by atomic mass is 32.1. The largest absolute Gasteiger partial charge is 0.499 e. The summed E-state index contributed by atoms with van der Waals surface area (Å²) in [7, 11) is 4.69. The number of amides is 5. The summed E-state index contributed by atoms with van der Waals surface area (Å²) in [5.41, 5.74) is -0.341. The summed E-state index contributed by atoms with van der Waals surface area (Å²) in [6, 6.07) is 1.72. The molecular formula is C70H77N15O18S5. The Balaban J connectivity index is 0.843. The molecule has 5 amide bonds. The molecule has 38 heteroatoms. The fourth-order valence-corrected chi connectivity index (χ4v) is 18.8. The minimum Gasteiger partial charge on any atom is -0.499 e. The Morgan fingerprint density at radius 3 is 2.22 bits per heavy atom. The van der Waals surface area contributed by atoms with Gasteiger partial charge in [0.1, 0.15) is 120 Å². The molecular weight excluding hydrogens is 1500 g/mol. The third-order valence-electron chi connectivity index (χ3n) is 20.2. The number of aliphatic hydroxyl groups excluding tert-OH is 1. The Morgan fingerprint density at radius 1 is 0.778 bits per heavy atom. The zero-order valence-electron chi connectivity index (χ0n) is 59.6. The summed E-state index contributed by atoms with van der Waals surface area (Å²) in [5, 5.41) is 43.4. The van der Waals surface area contributed by atoms with Crippen molar-refractivity contribution in [3.8, 4) is 38.4 Å². The van der Waals surface area contributed by atoms with Crippen molar-refractivity contribution in [1.29, 1.82) is 0 Å². The molecule has 4 fully saturated rings. The molecule has 0 radical (unpaired) electrons. The maximum Gasteiger partial charge on any atom is 0.358 e. The molecule has 7 aromatic heterocycles. The Labute approximate surface area is 637 Å². The molecule has 0 saturated carbocycles. The number of hydrogen-bond acceptors (Lipinski definition) is 32. The highest BCUT2D eigenvalue weighted by Gasteiger charge is 2.54. The molecule has 0 aliphatic carbocycles. The molecule has 0 spiro atoms. The van der Waals surface area contributed by atoms with Crippen LogP contribution in [0.3, 0.4) is 0 Å². The summed E-state index contributed by atoms with van der Waals surface area (Å²) in [6.07, 6.45) is -5.63. The van der Waals surface area contributed by atoms with Gasteiger partial charge < -0.3 is 79.1 Å². The number of methoxy groups -OCH3 is 2. The Hall–Kier alpha value is -8.87. The first-order chi connectivity index (χ1) is 52.1. The van der Waals surface area contributed by atoms with Gasteiger partial charge >= 0.3 is 11.9 Å². The molecule has 15 rings (SSSR count). The second-order valence-corrected chi connectivity index (χ2v) is 31.5. The number of aromatic nitrogens is 7. The summed E-state index contributed by atoms with van der Waals surface area (Å²) < 4.78 is 56.9. The van der Waals surface area contributed by atoms with Crippen LogP contribution in [0.25, 0.3) is 49.3 Å². The average Bonchev–Trinajstić information content (AvgIpc) is 1.58. The van der Waals surface area contributed by atoms with E-state index in [0.717, 1.165) is 91.2 Å². The molecule has 7 aliphatic rings. The number of nitrogens with one attached hydrogen (secondary N) is 4. The van der Waals surface area contributed by atoms with Crippen LogP contribution in [0.4, 0.5) is 0 Å². The number of cyclic esters (lactones) is 2. The third kappa shape index (κ3) is 14.8. The number of aliphatic hydroxyl groups is 1. The molecule has 14 heterocycles. The van der Waals surface area contributed by atoms with E-state index in [4.69, 9.17) is 67.6 Å². The molecule has 570 valence electrons. The average molecular weight is 1580 g/mol. The topological polar surface area (TPSA) is 386 Å². The van der Waals surface area contributed by atoms with Crippen LogP contribution in [0.15, 0.2) is 56.9 Å². The van der Waals surface area contributed by atoms with Gasteiger partial charge in [-0.05, 0) is 71.9 Å². The number of hydrogen-bond donors (Lipinski definition) is 6. The van der Waals surface area contributed by atoms with Crippen LogP contribution in [-0.4, -0.2) is 255 Å². The number of thiazole rings is 5. The van der Waals surface area contributed by atoms with E-state index in [1.807, 2.05) is 25.8 Å². The maximum absolute atomic E-state index is 15.3. The maximum atomic E-state index is 15.3. The van der Waals surface area contributed by atoms with Crippen LogP contribution in [0, 0.1) is 0 Å². The third-order valence-corrected chi connectivity index (χ3v) is 24.6. The second kappa shape index (κ2) is 31.2. The fraction of sp³-hybridized carbons (Fsp3) is 0.471. The number of carbonyl (C=O) groups is 7. The van der Waals surface area contributed by atoms with E-state index in [9.17, 15) is 24.7 Å². The minimum absolute atomic E-state index is 0.00496. The second-order valence-electron chi connectivity index (χ2n) is 27.2. The number of nitrogens with zero attached hydrogens (tertiary/aromatic N) is 11. The van der Waals surface area contributed by atoms with Gasteiger partial charge in [0, 0.05) is 89.1 Å². The van der Waals surface area contributed by atoms with Crippen molar-refractivity contribution >= 4 is 115 Å². The van der Waals surface area contributed by atoms with E-state index in [2.05, 4.69) is 36.1 Å². The number of carbonyl (C=O) groups excluding carboxylic acids is 7. The number of morpholine rings is 1. The van der Waals surface area contributed by atoms with Crippen molar-refractivity contribution in [2.24, 2.45) is 0 Å². The van der Waals surface area contributed by atoms with Crippen LogP contribution in [0.2, 0.25) is 0 Å². The number of rotatable bonds is 11. The van der Waals surface area contributed by atoms with E-state index in [1.54, 1.807) is 39.9 Å². The van der Waals surface area contributed by atoms with Crippen molar-refractivity contribution in [3.05, 3.63) is 112 Å². The molecule has 7 aliphatic heterocycles. The molecule has 10 atom stereocenters. The number of esters is 2. The van der Waals surface area contributed by atoms with Crippen LogP contribution in [0.5, 0.6) is 5.75 Å². The van der Waals surface area contributed by atoms with Gasteiger partial charge in [0.15, 0.2) is 18.1 Å². The Morgan fingerprint density at radius 2 is 1.46 bits per heavy atom. The molecule has 10 unspecified atom stereocenters. The Kier molecular flexibility index (Phi) is 21.6. The number of pyridine rings is 1. The highest BCUT2D eigenvalue weighted by molar-refractivity contribution is 7.14. The van der Waals surface area contributed by atoms with Gasteiger partial charge in [-0.2, -0.15) is 4.73 Å². The lowest BCUT2D eigenvalue weighted by Gasteiger charge is -2.45. The van der Waals surface area contributed by atoms with E-state index < -0.39 is 116 Å².